The summed E-state index contributed by atoms with van der Waals surface area (Å²) in [6.45, 7) is 6.84. The summed E-state index contributed by atoms with van der Waals surface area (Å²) in [6.07, 6.45) is 0.780. The number of carbonyl (C=O) groups excluding carboxylic acids is 1. The van der Waals surface area contributed by atoms with Gasteiger partial charge in [0.15, 0.2) is 0 Å². The average molecular weight is 310 g/mol. The van der Waals surface area contributed by atoms with Gasteiger partial charge in [0.25, 0.3) is 5.56 Å². The number of aromatic amines is 1. The molecule has 0 aliphatic rings. The number of thiophene rings is 1. The molecule has 6 nitrogen and oxygen atoms in total. The van der Waals surface area contributed by atoms with E-state index in [-0.39, 0.29) is 6.61 Å². The lowest BCUT2D eigenvalue weighted by Crippen LogP contribution is -2.51. The highest BCUT2D eigenvalue weighted by molar-refractivity contribution is 7.18. The number of rotatable bonds is 4. The second kappa shape index (κ2) is 5.48. The van der Waals surface area contributed by atoms with Crippen molar-refractivity contribution < 1.29 is 9.53 Å². The molecule has 0 spiro atoms. The molecule has 0 atom stereocenters. The van der Waals surface area contributed by atoms with Crippen LogP contribution in [0.25, 0.3) is 10.2 Å². The second-order valence-electron chi connectivity index (χ2n) is 5.16. The SMILES string of the molecule is CCOC(=O)C(C)(C)n1c(=O)[nH]c2sc(CC)cc2c1=O. The molecule has 2 heterocycles. The van der Waals surface area contributed by atoms with Crippen LogP contribution in [-0.4, -0.2) is 22.1 Å². The molecule has 0 radical (unpaired) electrons. The van der Waals surface area contributed by atoms with Gasteiger partial charge in [-0.05, 0) is 33.3 Å². The molecule has 2 aromatic rings. The molecule has 1 N–H and O–H groups in total. The van der Waals surface area contributed by atoms with E-state index in [1.54, 1.807) is 13.0 Å². The van der Waals surface area contributed by atoms with E-state index in [1.165, 1.54) is 25.2 Å². The topological polar surface area (TPSA) is 81.2 Å². The highest BCUT2D eigenvalue weighted by Gasteiger charge is 2.35. The summed E-state index contributed by atoms with van der Waals surface area (Å²) in [5.74, 6) is -0.608. The lowest BCUT2D eigenvalue weighted by Gasteiger charge is -2.23. The molecule has 0 saturated carbocycles. The Morgan fingerprint density at radius 3 is 2.62 bits per heavy atom. The molecule has 2 aromatic heterocycles. The quantitative estimate of drug-likeness (QED) is 0.870. The van der Waals surface area contributed by atoms with Crippen molar-refractivity contribution in [3.63, 3.8) is 0 Å². The molecule has 0 bridgehead atoms. The van der Waals surface area contributed by atoms with Crippen molar-refractivity contribution in [2.45, 2.75) is 39.7 Å². The summed E-state index contributed by atoms with van der Waals surface area (Å²) >= 11 is 1.38. The summed E-state index contributed by atoms with van der Waals surface area (Å²) in [5.41, 5.74) is -2.43. The standard InChI is InChI=1S/C14H18N2O4S/c1-5-8-7-9-10(21-8)15-13(19)16(11(9)17)14(3,4)12(18)20-6-2/h7H,5-6H2,1-4H3,(H,15,19). The first-order chi connectivity index (χ1) is 9.82. The van der Waals surface area contributed by atoms with Crippen LogP contribution in [0.4, 0.5) is 0 Å². The Balaban J connectivity index is 2.72. The van der Waals surface area contributed by atoms with Gasteiger partial charge in [-0.1, -0.05) is 6.92 Å². The number of hydrogen-bond donors (Lipinski definition) is 1. The zero-order chi connectivity index (χ0) is 15.8. The molecule has 0 fully saturated rings. The summed E-state index contributed by atoms with van der Waals surface area (Å²) in [4.78, 5) is 41.0. The summed E-state index contributed by atoms with van der Waals surface area (Å²) in [6, 6.07) is 1.76. The van der Waals surface area contributed by atoms with E-state index >= 15 is 0 Å². The van der Waals surface area contributed by atoms with E-state index in [2.05, 4.69) is 4.98 Å². The number of carbonyl (C=O) groups is 1. The number of nitrogens with one attached hydrogen (secondary N) is 1. The number of esters is 1. The summed E-state index contributed by atoms with van der Waals surface area (Å²) in [7, 11) is 0. The number of aryl methyl sites for hydroxylation is 1. The van der Waals surface area contributed by atoms with Crippen molar-refractivity contribution in [3.05, 3.63) is 31.8 Å². The zero-order valence-electron chi connectivity index (χ0n) is 12.5. The van der Waals surface area contributed by atoms with Crippen molar-refractivity contribution in [1.29, 1.82) is 0 Å². The first-order valence-electron chi connectivity index (χ1n) is 6.78. The molecule has 21 heavy (non-hydrogen) atoms. The van der Waals surface area contributed by atoms with E-state index in [9.17, 15) is 14.4 Å². The van der Waals surface area contributed by atoms with Gasteiger partial charge in [-0.15, -0.1) is 11.3 Å². The molecule has 0 saturated heterocycles. The third kappa shape index (κ3) is 2.53. The Bertz CT molecular complexity index is 797. The number of ether oxygens (including phenoxy) is 1. The largest absolute Gasteiger partial charge is 0.464 e. The van der Waals surface area contributed by atoms with Gasteiger partial charge in [-0.25, -0.2) is 14.2 Å². The Morgan fingerprint density at radius 2 is 2.05 bits per heavy atom. The molecule has 114 valence electrons. The predicted octanol–water partition coefficient (Wildman–Crippen LogP) is 1.61. The van der Waals surface area contributed by atoms with E-state index in [0.717, 1.165) is 15.9 Å². The van der Waals surface area contributed by atoms with Gasteiger partial charge in [-0.2, -0.15) is 0 Å². The van der Waals surface area contributed by atoms with Gasteiger partial charge in [0.1, 0.15) is 10.4 Å². The highest BCUT2D eigenvalue weighted by Crippen LogP contribution is 2.21. The molecule has 0 aromatic carbocycles. The third-order valence-electron chi connectivity index (χ3n) is 3.32. The van der Waals surface area contributed by atoms with E-state index < -0.39 is 22.8 Å². The fourth-order valence-corrected chi connectivity index (χ4v) is 3.12. The first kappa shape index (κ1) is 15.5. The maximum atomic E-state index is 12.6. The van der Waals surface area contributed by atoms with Crippen molar-refractivity contribution >= 4 is 27.5 Å². The van der Waals surface area contributed by atoms with Gasteiger partial charge < -0.3 is 4.74 Å². The van der Waals surface area contributed by atoms with Crippen LogP contribution in [-0.2, 0) is 21.5 Å². The van der Waals surface area contributed by atoms with Crippen LogP contribution < -0.4 is 11.2 Å². The number of fused-ring (bicyclic) bond motifs is 1. The molecule has 0 aliphatic carbocycles. The number of H-pyrrole nitrogens is 1. The van der Waals surface area contributed by atoms with Crippen LogP contribution >= 0.6 is 11.3 Å². The van der Waals surface area contributed by atoms with E-state index in [1.807, 2.05) is 6.92 Å². The minimum absolute atomic E-state index is 0.190. The van der Waals surface area contributed by atoms with Crippen molar-refractivity contribution in [2.24, 2.45) is 0 Å². The number of hydrogen-bond acceptors (Lipinski definition) is 5. The van der Waals surface area contributed by atoms with Crippen molar-refractivity contribution in [3.8, 4) is 0 Å². The van der Waals surface area contributed by atoms with Crippen LogP contribution in [0.1, 0.15) is 32.6 Å². The molecule has 0 amide bonds. The van der Waals surface area contributed by atoms with Crippen LogP contribution in [0.15, 0.2) is 15.7 Å². The average Bonchev–Trinajstić information content (AvgIpc) is 2.82. The zero-order valence-corrected chi connectivity index (χ0v) is 13.3. The van der Waals surface area contributed by atoms with Crippen LogP contribution in [0.3, 0.4) is 0 Å². The number of aromatic nitrogens is 2. The smallest absolute Gasteiger partial charge is 0.332 e. The monoisotopic (exact) mass is 310 g/mol. The van der Waals surface area contributed by atoms with Crippen molar-refractivity contribution in [1.82, 2.24) is 9.55 Å². The second-order valence-corrected chi connectivity index (χ2v) is 6.30. The minimum Gasteiger partial charge on any atom is -0.464 e. The lowest BCUT2D eigenvalue weighted by molar-refractivity contribution is -0.152. The Hall–Kier alpha value is -1.89. The van der Waals surface area contributed by atoms with E-state index in [4.69, 9.17) is 4.74 Å². The Labute approximate surface area is 125 Å². The Morgan fingerprint density at radius 1 is 1.38 bits per heavy atom. The summed E-state index contributed by atoms with van der Waals surface area (Å²) in [5, 5.41) is 0.425. The highest BCUT2D eigenvalue weighted by atomic mass is 32.1. The normalized spacial score (nSPS) is 11.8. The number of nitrogens with zero attached hydrogens (tertiary/aromatic N) is 1. The van der Waals surface area contributed by atoms with Gasteiger partial charge >= 0.3 is 11.7 Å². The van der Waals surface area contributed by atoms with Crippen LogP contribution in [0.5, 0.6) is 0 Å². The van der Waals surface area contributed by atoms with Gasteiger partial charge in [-0.3, -0.25) is 9.78 Å². The molecule has 7 heteroatoms. The minimum atomic E-state index is -1.36. The third-order valence-corrected chi connectivity index (χ3v) is 4.52. The van der Waals surface area contributed by atoms with Crippen LogP contribution in [0.2, 0.25) is 0 Å². The molecular formula is C14H18N2O4S. The summed E-state index contributed by atoms with van der Waals surface area (Å²) < 4.78 is 5.89. The fourth-order valence-electron chi connectivity index (χ4n) is 2.14. The maximum Gasteiger partial charge on any atom is 0.332 e. The van der Waals surface area contributed by atoms with Gasteiger partial charge in [0.05, 0.1) is 12.0 Å². The molecule has 0 aliphatic heterocycles. The maximum absolute atomic E-state index is 12.6. The van der Waals surface area contributed by atoms with Crippen LogP contribution in [0, 0.1) is 0 Å². The first-order valence-corrected chi connectivity index (χ1v) is 7.60. The van der Waals surface area contributed by atoms with Gasteiger partial charge in [0, 0.05) is 4.88 Å². The molecular weight excluding hydrogens is 292 g/mol. The lowest BCUT2D eigenvalue weighted by atomic mass is 10.1. The van der Waals surface area contributed by atoms with E-state index in [0.29, 0.717) is 10.2 Å². The van der Waals surface area contributed by atoms with Gasteiger partial charge in [0.2, 0.25) is 0 Å². The molecule has 2 rings (SSSR count). The predicted molar refractivity (Wildman–Crippen MR) is 82.0 cm³/mol. The Kier molecular flexibility index (Phi) is 4.04. The molecule has 0 unspecified atom stereocenters. The fraction of sp³-hybridized carbons (Fsp3) is 0.500. The van der Waals surface area contributed by atoms with Crippen molar-refractivity contribution in [2.75, 3.05) is 6.61 Å².